The van der Waals surface area contributed by atoms with Gasteiger partial charge in [-0.15, -0.1) is 0 Å². The average Bonchev–Trinajstić information content (AvgIpc) is 2.77. The minimum absolute atomic E-state index is 0.0109. The van der Waals surface area contributed by atoms with Crippen molar-refractivity contribution in [2.24, 2.45) is 5.92 Å². The number of carbonyl (C=O) groups excluding carboxylic acids is 3. The van der Waals surface area contributed by atoms with Gasteiger partial charge in [-0.2, -0.15) is 0 Å². The van der Waals surface area contributed by atoms with Crippen molar-refractivity contribution in [3.05, 3.63) is 41.6 Å². The van der Waals surface area contributed by atoms with Gasteiger partial charge >= 0.3 is 6.09 Å². The van der Waals surface area contributed by atoms with Gasteiger partial charge in [0.05, 0.1) is 19.2 Å². The van der Waals surface area contributed by atoms with E-state index in [2.05, 4.69) is 0 Å². The van der Waals surface area contributed by atoms with Gasteiger partial charge in [-0.25, -0.2) is 14.7 Å². The minimum Gasteiger partial charge on any atom is -0.444 e. The van der Waals surface area contributed by atoms with E-state index in [4.69, 9.17) is 9.57 Å². The number of piperidine rings is 1. The van der Waals surface area contributed by atoms with E-state index in [1.54, 1.807) is 14.9 Å². The van der Waals surface area contributed by atoms with Crippen LogP contribution in [0.15, 0.2) is 36.0 Å². The number of hydrogen-bond donors (Lipinski definition) is 0. The molecule has 2 heterocycles. The molecule has 0 radical (unpaired) electrons. The molecule has 8 nitrogen and oxygen atoms in total. The summed E-state index contributed by atoms with van der Waals surface area (Å²) in [5, 5.41) is 1.56. The molecule has 0 N–H and O–H groups in total. The molecule has 0 bridgehead atoms. The van der Waals surface area contributed by atoms with Crippen LogP contribution in [0, 0.1) is 5.92 Å². The summed E-state index contributed by atoms with van der Waals surface area (Å²) >= 11 is 0. The molecule has 1 atom stereocenters. The van der Waals surface area contributed by atoms with Crippen molar-refractivity contribution in [3.63, 3.8) is 0 Å². The number of amides is 2. The summed E-state index contributed by atoms with van der Waals surface area (Å²) in [5.41, 5.74) is 0.784. The Morgan fingerprint density at radius 1 is 1.06 bits per heavy atom. The highest BCUT2D eigenvalue weighted by atomic mass is 16.7. The van der Waals surface area contributed by atoms with Crippen LogP contribution in [0.4, 0.5) is 4.79 Å². The number of likely N-dealkylation sites (tertiary alicyclic amines) is 1. The van der Waals surface area contributed by atoms with Gasteiger partial charge in [0.15, 0.2) is 0 Å². The number of hydrogen-bond acceptors (Lipinski definition) is 6. The summed E-state index contributed by atoms with van der Waals surface area (Å²) in [6.45, 7) is 9.52. The molecule has 3 rings (SSSR count). The fraction of sp³-hybridized carbons (Fsp3) is 0.583. The lowest BCUT2D eigenvalue weighted by molar-refractivity contribution is -0.172. The largest absolute Gasteiger partial charge is 0.444 e. The van der Waals surface area contributed by atoms with Crippen LogP contribution in [0.25, 0.3) is 0 Å². The third kappa shape index (κ3) is 5.90. The Labute approximate surface area is 189 Å². The number of rotatable bonds is 4. The SMILES string of the molecule is C[C@H]1C(=C=O)N(OCc2ccccc2)CCN1C(=O)C1CCN(C(=O)OC(C)(C)C)CC1. The van der Waals surface area contributed by atoms with Crippen LogP contribution in [0.5, 0.6) is 0 Å². The van der Waals surface area contributed by atoms with Crippen LogP contribution in [0.3, 0.4) is 0 Å². The Hall–Kier alpha value is -2.83. The fourth-order valence-corrected chi connectivity index (χ4v) is 4.04. The second kappa shape index (κ2) is 10.2. The first-order valence-electron chi connectivity index (χ1n) is 11.2. The van der Waals surface area contributed by atoms with Crippen LogP contribution in [-0.4, -0.2) is 70.6 Å². The Balaban J connectivity index is 1.54. The quantitative estimate of drug-likeness (QED) is 0.666. The maximum absolute atomic E-state index is 13.2. The van der Waals surface area contributed by atoms with E-state index in [1.165, 1.54) is 0 Å². The number of hydroxylamine groups is 2. The van der Waals surface area contributed by atoms with Gasteiger partial charge in [-0.1, -0.05) is 30.3 Å². The van der Waals surface area contributed by atoms with Gasteiger partial charge in [-0.3, -0.25) is 9.63 Å². The third-order valence-corrected chi connectivity index (χ3v) is 5.79. The zero-order chi connectivity index (χ0) is 23.3. The molecule has 2 aliphatic heterocycles. The van der Waals surface area contributed by atoms with Gasteiger partial charge in [0, 0.05) is 25.6 Å². The highest BCUT2D eigenvalue weighted by molar-refractivity contribution is 5.80. The number of piperazine rings is 1. The minimum atomic E-state index is -0.543. The zero-order valence-electron chi connectivity index (χ0n) is 19.4. The molecule has 32 heavy (non-hydrogen) atoms. The number of ether oxygens (including phenoxy) is 1. The molecular formula is C24H33N3O5. The molecule has 2 aliphatic rings. The van der Waals surface area contributed by atoms with Crippen molar-refractivity contribution in [2.45, 2.75) is 58.8 Å². The maximum atomic E-state index is 13.2. The van der Waals surface area contributed by atoms with Crippen molar-refractivity contribution in [1.82, 2.24) is 14.9 Å². The summed E-state index contributed by atoms with van der Waals surface area (Å²) in [4.78, 5) is 46.4. The topological polar surface area (TPSA) is 79.4 Å². The van der Waals surface area contributed by atoms with Gasteiger partial charge in [0.2, 0.25) is 5.91 Å². The first kappa shape index (κ1) is 23.8. The van der Waals surface area contributed by atoms with Gasteiger partial charge in [0.25, 0.3) is 0 Å². The molecule has 1 aromatic carbocycles. The summed E-state index contributed by atoms with van der Waals surface area (Å²) in [7, 11) is 0. The van der Waals surface area contributed by atoms with Crippen LogP contribution in [-0.2, 0) is 25.8 Å². The highest BCUT2D eigenvalue weighted by Gasteiger charge is 2.38. The Morgan fingerprint density at radius 3 is 2.31 bits per heavy atom. The zero-order valence-corrected chi connectivity index (χ0v) is 19.4. The van der Waals surface area contributed by atoms with Crippen LogP contribution in [0.2, 0.25) is 0 Å². The predicted molar refractivity (Wildman–Crippen MR) is 119 cm³/mol. The first-order valence-corrected chi connectivity index (χ1v) is 11.2. The average molecular weight is 444 g/mol. The molecular weight excluding hydrogens is 410 g/mol. The third-order valence-electron chi connectivity index (χ3n) is 5.79. The fourth-order valence-electron chi connectivity index (χ4n) is 4.04. The molecule has 2 saturated heterocycles. The van der Waals surface area contributed by atoms with Crippen molar-refractivity contribution in [1.29, 1.82) is 0 Å². The summed E-state index contributed by atoms with van der Waals surface area (Å²) in [6.07, 6.45) is 0.817. The molecule has 174 valence electrons. The second-order valence-corrected chi connectivity index (χ2v) is 9.30. The predicted octanol–water partition coefficient (Wildman–Crippen LogP) is 3.01. The molecule has 0 saturated carbocycles. The number of carbonyl (C=O) groups is 2. The lowest BCUT2D eigenvalue weighted by Crippen LogP contribution is -2.55. The molecule has 0 aromatic heterocycles. The molecule has 2 amide bonds. The molecule has 0 unspecified atom stereocenters. The van der Waals surface area contributed by atoms with E-state index in [0.29, 0.717) is 51.3 Å². The smallest absolute Gasteiger partial charge is 0.410 e. The van der Waals surface area contributed by atoms with Crippen molar-refractivity contribution < 1.29 is 24.0 Å². The Kier molecular flexibility index (Phi) is 7.59. The molecule has 1 aromatic rings. The highest BCUT2D eigenvalue weighted by Crippen LogP contribution is 2.26. The Morgan fingerprint density at radius 2 is 1.72 bits per heavy atom. The van der Waals surface area contributed by atoms with Crippen molar-refractivity contribution in [3.8, 4) is 0 Å². The lowest BCUT2D eigenvalue weighted by Gasteiger charge is -2.42. The standard InChI is InChI=1S/C24H33N3O5/c1-18-21(16-28)27(31-17-19-8-6-5-7-9-19)15-14-26(18)22(29)20-10-12-25(13-11-20)23(30)32-24(2,3)4/h5-9,18,20H,10-15,17H2,1-4H3/t18-/m0/s1. The molecule has 2 fully saturated rings. The normalized spacial score (nSPS) is 20.2. The van der Waals surface area contributed by atoms with Crippen molar-refractivity contribution in [2.75, 3.05) is 26.2 Å². The molecule has 0 spiro atoms. The van der Waals surface area contributed by atoms with Gasteiger partial charge < -0.3 is 14.5 Å². The van der Waals surface area contributed by atoms with Crippen LogP contribution < -0.4 is 0 Å². The summed E-state index contributed by atoms with van der Waals surface area (Å²) in [6, 6.07) is 9.29. The van der Waals surface area contributed by atoms with E-state index in [-0.39, 0.29) is 17.9 Å². The lowest BCUT2D eigenvalue weighted by atomic mass is 9.94. The van der Waals surface area contributed by atoms with Crippen molar-refractivity contribution >= 4 is 17.9 Å². The van der Waals surface area contributed by atoms with E-state index in [1.807, 2.05) is 64.0 Å². The maximum Gasteiger partial charge on any atom is 0.410 e. The molecule has 0 aliphatic carbocycles. The monoisotopic (exact) mass is 443 g/mol. The van der Waals surface area contributed by atoms with E-state index in [0.717, 1.165) is 5.56 Å². The van der Waals surface area contributed by atoms with Crippen LogP contribution in [0.1, 0.15) is 46.1 Å². The number of benzene rings is 1. The first-order chi connectivity index (χ1) is 15.2. The van der Waals surface area contributed by atoms with E-state index < -0.39 is 11.6 Å². The van der Waals surface area contributed by atoms with Crippen LogP contribution >= 0.6 is 0 Å². The molecule has 8 heteroatoms. The summed E-state index contributed by atoms with van der Waals surface area (Å²) in [5.74, 6) is 1.81. The van der Waals surface area contributed by atoms with E-state index >= 15 is 0 Å². The van der Waals surface area contributed by atoms with Gasteiger partial charge in [0.1, 0.15) is 17.2 Å². The second-order valence-electron chi connectivity index (χ2n) is 9.30. The number of nitrogens with zero attached hydrogens (tertiary/aromatic N) is 3. The Bertz CT molecular complexity index is 852. The summed E-state index contributed by atoms with van der Waals surface area (Å²) < 4.78 is 5.43. The van der Waals surface area contributed by atoms with E-state index in [9.17, 15) is 14.4 Å². The van der Waals surface area contributed by atoms with Gasteiger partial charge in [-0.05, 0) is 46.1 Å².